The molecular formula is C22H26N2O2. The first-order valence-electron chi connectivity index (χ1n) is 9.62. The fourth-order valence-electron chi connectivity index (χ4n) is 4.12. The Morgan fingerprint density at radius 2 is 2.04 bits per heavy atom. The SMILES string of the molecule is NC1CCc2c(OCCCC(=O)N3CCCc4ccccc43)cccc21. The number of fused-ring (bicyclic) bond motifs is 2. The summed E-state index contributed by atoms with van der Waals surface area (Å²) in [6.07, 6.45) is 5.31. The zero-order valence-corrected chi connectivity index (χ0v) is 15.1. The highest BCUT2D eigenvalue weighted by molar-refractivity contribution is 5.94. The lowest BCUT2D eigenvalue weighted by Gasteiger charge is -2.29. The predicted octanol–water partition coefficient (Wildman–Crippen LogP) is 3.77. The number of para-hydroxylation sites is 1. The van der Waals surface area contributed by atoms with E-state index in [-0.39, 0.29) is 11.9 Å². The number of rotatable bonds is 5. The van der Waals surface area contributed by atoms with E-state index in [0.29, 0.717) is 13.0 Å². The maximum absolute atomic E-state index is 12.7. The lowest BCUT2D eigenvalue weighted by molar-refractivity contribution is -0.118. The van der Waals surface area contributed by atoms with Gasteiger partial charge in [-0.1, -0.05) is 30.3 Å². The van der Waals surface area contributed by atoms with Gasteiger partial charge >= 0.3 is 0 Å². The first-order chi connectivity index (χ1) is 12.7. The largest absolute Gasteiger partial charge is 0.493 e. The molecule has 0 saturated heterocycles. The predicted molar refractivity (Wildman–Crippen MR) is 104 cm³/mol. The number of nitrogens with two attached hydrogens (primary N) is 1. The molecule has 0 saturated carbocycles. The van der Waals surface area contributed by atoms with E-state index in [1.807, 2.05) is 29.2 Å². The van der Waals surface area contributed by atoms with Crippen molar-refractivity contribution >= 4 is 11.6 Å². The molecule has 2 aromatic carbocycles. The van der Waals surface area contributed by atoms with Gasteiger partial charge in [-0.15, -0.1) is 0 Å². The number of hydrogen-bond donors (Lipinski definition) is 1. The number of aryl methyl sites for hydroxylation is 1. The normalized spacial score (nSPS) is 18.3. The highest BCUT2D eigenvalue weighted by Gasteiger charge is 2.23. The quantitative estimate of drug-likeness (QED) is 0.835. The first-order valence-corrected chi connectivity index (χ1v) is 9.62. The number of hydrogen-bond acceptors (Lipinski definition) is 3. The third-order valence-electron chi connectivity index (χ3n) is 5.48. The number of benzene rings is 2. The third-order valence-corrected chi connectivity index (χ3v) is 5.48. The number of anilines is 1. The summed E-state index contributed by atoms with van der Waals surface area (Å²) >= 11 is 0. The number of carbonyl (C=O) groups excluding carboxylic acids is 1. The van der Waals surface area contributed by atoms with Gasteiger partial charge in [-0.2, -0.15) is 0 Å². The third kappa shape index (κ3) is 3.34. The minimum absolute atomic E-state index is 0.134. The highest BCUT2D eigenvalue weighted by atomic mass is 16.5. The Hall–Kier alpha value is -2.33. The van der Waals surface area contributed by atoms with Crippen LogP contribution in [0.25, 0.3) is 0 Å². The molecule has 1 heterocycles. The van der Waals surface area contributed by atoms with Gasteiger partial charge in [0.2, 0.25) is 5.91 Å². The van der Waals surface area contributed by atoms with Crippen molar-refractivity contribution in [3.63, 3.8) is 0 Å². The molecule has 1 aliphatic heterocycles. The second-order valence-electron chi connectivity index (χ2n) is 7.20. The van der Waals surface area contributed by atoms with E-state index in [2.05, 4.69) is 18.2 Å². The fourth-order valence-corrected chi connectivity index (χ4v) is 4.12. The molecule has 2 N–H and O–H groups in total. The minimum Gasteiger partial charge on any atom is -0.493 e. The number of nitrogens with zero attached hydrogens (tertiary/aromatic N) is 1. The Morgan fingerprint density at radius 1 is 1.15 bits per heavy atom. The van der Waals surface area contributed by atoms with E-state index in [0.717, 1.165) is 50.1 Å². The van der Waals surface area contributed by atoms with Gasteiger partial charge < -0.3 is 15.4 Å². The molecule has 0 spiro atoms. The topological polar surface area (TPSA) is 55.6 Å². The Labute approximate surface area is 155 Å². The average molecular weight is 350 g/mol. The Kier molecular flexibility index (Phi) is 4.93. The molecule has 4 nitrogen and oxygen atoms in total. The summed E-state index contributed by atoms with van der Waals surface area (Å²) in [6.45, 7) is 1.38. The highest BCUT2D eigenvalue weighted by Crippen LogP contribution is 2.35. The fraction of sp³-hybridized carbons (Fsp3) is 0.409. The van der Waals surface area contributed by atoms with Crippen molar-refractivity contribution in [3.8, 4) is 5.75 Å². The Balaban J connectivity index is 1.32. The van der Waals surface area contributed by atoms with Crippen molar-refractivity contribution < 1.29 is 9.53 Å². The van der Waals surface area contributed by atoms with Crippen LogP contribution in [0.15, 0.2) is 42.5 Å². The molecule has 0 fully saturated rings. The van der Waals surface area contributed by atoms with Crippen LogP contribution in [0.5, 0.6) is 5.75 Å². The van der Waals surface area contributed by atoms with Crippen molar-refractivity contribution in [3.05, 3.63) is 59.2 Å². The van der Waals surface area contributed by atoms with E-state index < -0.39 is 0 Å². The maximum Gasteiger partial charge on any atom is 0.227 e. The van der Waals surface area contributed by atoms with Crippen LogP contribution in [0.4, 0.5) is 5.69 Å². The van der Waals surface area contributed by atoms with Crippen LogP contribution in [0.3, 0.4) is 0 Å². The second-order valence-corrected chi connectivity index (χ2v) is 7.20. The van der Waals surface area contributed by atoms with Gasteiger partial charge in [0.05, 0.1) is 6.61 Å². The molecule has 0 aromatic heterocycles. The van der Waals surface area contributed by atoms with Crippen LogP contribution in [-0.2, 0) is 17.6 Å². The van der Waals surface area contributed by atoms with Crippen molar-refractivity contribution in [2.45, 2.75) is 44.6 Å². The molecule has 1 aliphatic carbocycles. The molecule has 2 aliphatic rings. The number of carbonyl (C=O) groups is 1. The van der Waals surface area contributed by atoms with Gasteiger partial charge in [0.25, 0.3) is 0 Å². The van der Waals surface area contributed by atoms with Crippen molar-refractivity contribution in [1.29, 1.82) is 0 Å². The molecule has 0 bridgehead atoms. The maximum atomic E-state index is 12.7. The van der Waals surface area contributed by atoms with E-state index in [1.165, 1.54) is 16.7 Å². The monoisotopic (exact) mass is 350 g/mol. The zero-order valence-electron chi connectivity index (χ0n) is 15.1. The minimum atomic E-state index is 0.134. The molecule has 2 aromatic rings. The van der Waals surface area contributed by atoms with Gasteiger partial charge in [0.1, 0.15) is 5.75 Å². The summed E-state index contributed by atoms with van der Waals surface area (Å²) in [5.74, 6) is 1.13. The lowest BCUT2D eigenvalue weighted by Crippen LogP contribution is -2.35. The molecule has 4 heteroatoms. The lowest BCUT2D eigenvalue weighted by atomic mass is 10.0. The molecule has 1 unspecified atom stereocenters. The summed E-state index contributed by atoms with van der Waals surface area (Å²) in [5, 5.41) is 0. The summed E-state index contributed by atoms with van der Waals surface area (Å²) in [6, 6.07) is 14.5. The zero-order chi connectivity index (χ0) is 17.9. The van der Waals surface area contributed by atoms with E-state index in [4.69, 9.17) is 10.5 Å². The molecular weight excluding hydrogens is 324 g/mol. The number of ether oxygens (including phenoxy) is 1. The molecule has 136 valence electrons. The van der Waals surface area contributed by atoms with Crippen molar-refractivity contribution in [1.82, 2.24) is 0 Å². The van der Waals surface area contributed by atoms with Crippen LogP contribution in [-0.4, -0.2) is 19.1 Å². The smallest absolute Gasteiger partial charge is 0.227 e. The summed E-state index contributed by atoms with van der Waals surface area (Å²) in [5.41, 5.74) is 10.9. The van der Waals surface area contributed by atoms with Crippen LogP contribution in [0.1, 0.15) is 48.4 Å². The molecule has 0 radical (unpaired) electrons. The first kappa shape index (κ1) is 17.1. The molecule has 26 heavy (non-hydrogen) atoms. The van der Waals surface area contributed by atoms with Gasteiger partial charge in [0.15, 0.2) is 0 Å². The van der Waals surface area contributed by atoms with Gasteiger partial charge in [-0.05, 0) is 60.9 Å². The van der Waals surface area contributed by atoms with Crippen molar-refractivity contribution in [2.24, 2.45) is 5.73 Å². The molecule has 1 atom stereocenters. The molecule has 4 rings (SSSR count). The summed E-state index contributed by atoms with van der Waals surface area (Å²) in [7, 11) is 0. The Bertz CT molecular complexity index is 802. The van der Waals surface area contributed by atoms with Crippen molar-refractivity contribution in [2.75, 3.05) is 18.1 Å². The summed E-state index contributed by atoms with van der Waals surface area (Å²) in [4.78, 5) is 14.6. The van der Waals surface area contributed by atoms with Gasteiger partial charge in [-0.25, -0.2) is 0 Å². The van der Waals surface area contributed by atoms with E-state index in [9.17, 15) is 4.79 Å². The second kappa shape index (κ2) is 7.50. The van der Waals surface area contributed by atoms with E-state index in [1.54, 1.807) is 0 Å². The molecule has 1 amide bonds. The van der Waals surface area contributed by atoms with Crippen LogP contribution >= 0.6 is 0 Å². The Morgan fingerprint density at radius 3 is 2.96 bits per heavy atom. The standard InChI is InChI=1S/C22H26N2O2/c23-19-13-12-18-17(19)8-3-10-21(18)26-15-5-11-22(25)24-14-4-7-16-6-1-2-9-20(16)24/h1-3,6,8-10,19H,4-5,7,11-15,23H2. The van der Waals surface area contributed by atoms with Crippen LogP contribution < -0.4 is 15.4 Å². The van der Waals surface area contributed by atoms with Crippen LogP contribution in [0.2, 0.25) is 0 Å². The summed E-state index contributed by atoms with van der Waals surface area (Å²) < 4.78 is 5.98. The van der Waals surface area contributed by atoms with Gasteiger partial charge in [0, 0.05) is 24.7 Å². The average Bonchev–Trinajstić information content (AvgIpc) is 3.06. The number of amides is 1. The van der Waals surface area contributed by atoms with E-state index >= 15 is 0 Å². The van der Waals surface area contributed by atoms with Crippen LogP contribution in [0, 0.1) is 0 Å². The van der Waals surface area contributed by atoms with Gasteiger partial charge in [-0.3, -0.25) is 4.79 Å².